The number of halogens is 1. The van der Waals surface area contributed by atoms with Crippen molar-refractivity contribution in [1.82, 2.24) is 15.0 Å². The Labute approximate surface area is 144 Å². The predicted octanol–water partition coefficient (Wildman–Crippen LogP) is 3.37. The van der Waals surface area contributed by atoms with Gasteiger partial charge in [-0.2, -0.15) is 0 Å². The van der Waals surface area contributed by atoms with Crippen LogP contribution < -0.4 is 10.1 Å². The second-order valence-electron chi connectivity index (χ2n) is 5.30. The van der Waals surface area contributed by atoms with E-state index in [2.05, 4.69) is 15.6 Å². The number of carbonyl (C=O) groups excluding carboxylic acids is 1. The van der Waals surface area contributed by atoms with E-state index in [9.17, 15) is 9.18 Å². The molecule has 6 nitrogen and oxygen atoms in total. The fourth-order valence-electron chi connectivity index (χ4n) is 2.38. The Balaban J connectivity index is 1.83. The third-order valence-corrected chi connectivity index (χ3v) is 3.62. The molecule has 0 atom stereocenters. The monoisotopic (exact) mass is 340 g/mol. The number of nitrogens with zero attached hydrogens (tertiary/aromatic N) is 3. The number of anilines is 1. The Morgan fingerprint density at radius 2 is 1.92 bits per heavy atom. The fourth-order valence-corrected chi connectivity index (χ4v) is 2.38. The maximum absolute atomic E-state index is 13.7. The standard InChI is InChI=1S/C18H17FN4O2/c1-3-25-14-10-8-13(9-11-14)23-12(2)17(21-22-23)18(24)20-16-7-5-4-6-15(16)19/h4-11H,3H2,1-2H3,(H,20,24). The topological polar surface area (TPSA) is 69.0 Å². The van der Waals surface area contributed by atoms with E-state index in [4.69, 9.17) is 4.74 Å². The molecule has 3 aromatic rings. The van der Waals surface area contributed by atoms with Crippen LogP contribution in [0.4, 0.5) is 10.1 Å². The van der Waals surface area contributed by atoms with Gasteiger partial charge in [-0.15, -0.1) is 5.10 Å². The number of amides is 1. The van der Waals surface area contributed by atoms with E-state index < -0.39 is 11.7 Å². The van der Waals surface area contributed by atoms with Crippen LogP contribution in [0.1, 0.15) is 23.1 Å². The molecule has 0 aliphatic carbocycles. The zero-order valence-corrected chi connectivity index (χ0v) is 13.9. The summed E-state index contributed by atoms with van der Waals surface area (Å²) in [6, 6.07) is 13.2. The lowest BCUT2D eigenvalue weighted by Gasteiger charge is -2.07. The smallest absolute Gasteiger partial charge is 0.278 e. The number of para-hydroxylation sites is 1. The van der Waals surface area contributed by atoms with Crippen molar-refractivity contribution >= 4 is 11.6 Å². The average molecular weight is 340 g/mol. The molecule has 1 amide bonds. The van der Waals surface area contributed by atoms with Crippen LogP contribution in [0.5, 0.6) is 5.75 Å². The lowest BCUT2D eigenvalue weighted by atomic mass is 10.2. The largest absolute Gasteiger partial charge is 0.494 e. The minimum atomic E-state index is -0.514. The van der Waals surface area contributed by atoms with Crippen molar-refractivity contribution < 1.29 is 13.9 Å². The number of hydrogen-bond acceptors (Lipinski definition) is 4. The van der Waals surface area contributed by atoms with Crippen molar-refractivity contribution in [3.8, 4) is 11.4 Å². The van der Waals surface area contributed by atoms with Gasteiger partial charge in [-0.05, 0) is 50.2 Å². The number of benzene rings is 2. The van der Waals surface area contributed by atoms with E-state index in [-0.39, 0.29) is 11.4 Å². The molecule has 25 heavy (non-hydrogen) atoms. The van der Waals surface area contributed by atoms with Crippen LogP contribution in [0, 0.1) is 12.7 Å². The number of nitrogens with one attached hydrogen (secondary N) is 1. The summed E-state index contributed by atoms with van der Waals surface area (Å²) >= 11 is 0. The zero-order valence-electron chi connectivity index (χ0n) is 13.9. The molecule has 0 saturated heterocycles. The Morgan fingerprint density at radius 3 is 2.60 bits per heavy atom. The fraction of sp³-hybridized carbons (Fsp3) is 0.167. The summed E-state index contributed by atoms with van der Waals surface area (Å²) < 4.78 is 20.6. The summed E-state index contributed by atoms with van der Waals surface area (Å²) in [5, 5.41) is 10.5. The minimum absolute atomic E-state index is 0.0996. The van der Waals surface area contributed by atoms with E-state index in [1.807, 2.05) is 31.2 Å². The summed E-state index contributed by atoms with van der Waals surface area (Å²) in [5.41, 5.74) is 1.54. The van der Waals surface area contributed by atoms with Crippen molar-refractivity contribution in [3.63, 3.8) is 0 Å². The summed E-state index contributed by atoms with van der Waals surface area (Å²) in [5.74, 6) is -0.270. The second-order valence-corrected chi connectivity index (χ2v) is 5.30. The molecule has 0 fully saturated rings. The molecule has 0 saturated carbocycles. The molecule has 2 aromatic carbocycles. The number of rotatable bonds is 5. The van der Waals surface area contributed by atoms with Crippen LogP contribution in [-0.2, 0) is 0 Å². The van der Waals surface area contributed by atoms with Crippen LogP contribution in [-0.4, -0.2) is 27.5 Å². The van der Waals surface area contributed by atoms with E-state index in [1.54, 1.807) is 23.7 Å². The number of carbonyl (C=O) groups is 1. The summed E-state index contributed by atoms with van der Waals surface area (Å²) in [6.07, 6.45) is 0. The van der Waals surface area contributed by atoms with Gasteiger partial charge >= 0.3 is 0 Å². The Bertz CT molecular complexity index is 890. The highest BCUT2D eigenvalue weighted by atomic mass is 19.1. The van der Waals surface area contributed by atoms with Crippen molar-refractivity contribution in [2.24, 2.45) is 0 Å². The number of ether oxygens (including phenoxy) is 1. The maximum Gasteiger partial charge on any atom is 0.278 e. The van der Waals surface area contributed by atoms with Gasteiger partial charge < -0.3 is 10.1 Å². The molecule has 1 aromatic heterocycles. The summed E-state index contributed by atoms with van der Waals surface area (Å²) in [4.78, 5) is 12.4. The molecular weight excluding hydrogens is 323 g/mol. The van der Waals surface area contributed by atoms with Gasteiger partial charge in [0.1, 0.15) is 11.6 Å². The first kappa shape index (κ1) is 16.6. The first-order chi connectivity index (χ1) is 12.1. The van der Waals surface area contributed by atoms with Crippen molar-refractivity contribution in [1.29, 1.82) is 0 Å². The van der Waals surface area contributed by atoms with Crippen molar-refractivity contribution in [3.05, 3.63) is 65.7 Å². The van der Waals surface area contributed by atoms with Gasteiger partial charge in [-0.3, -0.25) is 4.79 Å². The minimum Gasteiger partial charge on any atom is -0.494 e. The lowest BCUT2D eigenvalue weighted by Crippen LogP contribution is -2.15. The lowest BCUT2D eigenvalue weighted by molar-refractivity contribution is 0.102. The van der Waals surface area contributed by atoms with Crippen LogP contribution in [0.25, 0.3) is 5.69 Å². The van der Waals surface area contributed by atoms with Gasteiger partial charge in [0.2, 0.25) is 0 Å². The van der Waals surface area contributed by atoms with Gasteiger partial charge in [0.15, 0.2) is 5.69 Å². The van der Waals surface area contributed by atoms with Gasteiger partial charge in [0.25, 0.3) is 5.91 Å². The van der Waals surface area contributed by atoms with Crippen molar-refractivity contribution in [2.45, 2.75) is 13.8 Å². The highest BCUT2D eigenvalue weighted by Gasteiger charge is 2.18. The first-order valence-corrected chi connectivity index (χ1v) is 7.81. The van der Waals surface area contributed by atoms with Crippen LogP contribution >= 0.6 is 0 Å². The Hall–Kier alpha value is -3.22. The average Bonchev–Trinajstić information content (AvgIpc) is 2.99. The SMILES string of the molecule is CCOc1ccc(-n2nnc(C(=O)Nc3ccccc3F)c2C)cc1. The molecular formula is C18H17FN4O2. The van der Waals surface area contributed by atoms with Gasteiger partial charge in [0, 0.05) is 0 Å². The number of aromatic nitrogens is 3. The van der Waals surface area contributed by atoms with Crippen LogP contribution in [0.2, 0.25) is 0 Å². The van der Waals surface area contributed by atoms with E-state index in [0.717, 1.165) is 11.4 Å². The second kappa shape index (κ2) is 7.12. The highest BCUT2D eigenvalue weighted by molar-refractivity contribution is 6.03. The Kier molecular flexibility index (Phi) is 4.74. The molecule has 7 heteroatoms. The summed E-state index contributed by atoms with van der Waals surface area (Å²) in [6.45, 7) is 4.23. The molecule has 0 unspecified atom stereocenters. The maximum atomic E-state index is 13.7. The Morgan fingerprint density at radius 1 is 1.20 bits per heavy atom. The van der Waals surface area contributed by atoms with Crippen molar-refractivity contribution in [2.75, 3.05) is 11.9 Å². The molecule has 1 heterocycles. The van der Waals surface area contributed by atoms with E-state index in [0.29, 0.717) is 12.3 Å². The predicted molar refractivity (Wildman–Crippen MR) is 91.6 cm³/mol. The number of hydrogen-bond donors (Lipinski definition) is 1. The first-order valence-electron chi connectivity index (χ1n) is 7.81. The van der Waals surface area contributed by atoms with E-state index in [1.165, 1.54) is 12.1 Å². The van der Waals surface area contributed by atoms with Crippen LogP contribution in [0.15, 0.2) is 48.5 Å². The molecule has 0 spiro atoms. The molecule has 0 aliphatic rings. The molecule has 3 rings (SSSR count). The molecule has 0 aliphatic heterocycles. The molecule has 0 bridgehead atoms. The quantitative estimate of drug-likeness (QED) is 0.773. The molecule has 0 radical (unpaired) electrons. The van der Waals surface area contributed by atoms with Crippen LogP contribution in [0.3, 0.4) is 0 Å². The molecule has 128 valence electrons. The normalized spacial score (nSPS) is 10.5. The molecule has 1 N–H and O–H groups in total. The van der Waals surface area contributed by atoms with Gasteiger partial charge in [-0.25, -0.2) is 9.07 Å². The van der Waals surface area contributed by atoms with E-state index >= 15 is 0 Å². The van der Waals surface area contributed by atoms with Gasteiger partial charge in [-0.1, -0.05) is 17.3 Å². The zero-order chi connectivity index (χ0) is 17.8. The third-order valence-electron chi connectivity index (χ3n) is 3.62. The summed E-state index contributed by atoms with van der Waals surface area (Å²) in [7, 11) is 0. The van der Waals surface area contributed by atoms with Gasteiger partial charge in [0.05, 0.1) is 23.7 Å². The third kappa shape index (κ3) is 3.50. The highest BCUT2D eigenvalue weighted by Crippen LogP contribution is 2.18.